The average Bonchev–Trinajstić information content (AvgIpc) is 2.87. The molecule has 0 aromatic heterocycles. The summed E-state index contributed by atoms with van der Waals surface area (Å²) in [6.45, 7) is -0.580. The van der Waals surface area contributed by atoms with Crippen LogP contribution in [0, 0.1) is 21.4 Å². The molecule has 128 valence electrons. The Morgan fingerprint density at radius 2 is 1.85 bits per heavy atom. The molecule has 26 heavy (non-hydrogen) atoms. The zero-order valence-electron chi connectivity index (χ0n) is 13.1. The van der Waals surface area contributed by atoms with E-state index < -0.39 is 34.9 Å². The van der Waals surface area contributed by atoms with Crippen molar-refractivity contribution < 1.29 is 19.3 Å². The van der Waals surface area contributed by atoms with E-state index in [4.69, 9.17) is 5.26 Å². The molecule has 1 N–H and O–H groups in total. The first-order valence-corrected chi connectivity index (χ1v) is 7.36. The van der Waals surface area contributed by atoms with E-state index in [-0.39, 0.29) is 11.1 Å². The highest BCUT2D eigenvalue weighted by Crippen LogP contribution is 2.30. The Labute approximate surface area is 146 Å². The normalized spacial score (nSPS) is 12.5. The molecular weight excluding hydrogens is 340 g/mol. The van der Waals surface area contributed by atoms with E-state index in [2.05, 4.69) is 5.32 Å². The summed E-state index contributed by atoms with van der Waals surface area (Å²) in [6, 6.07) is 11.7. The van der Waals surface area contributed by atoms with Crippen LogP contribution in [0.15, 0.2) is 42.5 Å². The fourth-order valence-corrected chi connectivity index (χ4v) is 2.58. The maximum Gasteiger partial charge on any atom is 0.282 e. The standard InChI is InChI=1S/C17H10N4O5/c18-8-10-4-6-11(7-5-10)19-14(22)9-20-16(23)12-2-1-3-13(21(25)26)15(12)17(20)24/h1-7H,9H2,(H,19,22). The van der Waals surface area contributed by atoms with E-state index in [0.29, 0.717) is 16.2 Å². The molecule has 1 heterocycles. The molecule has 0 radical (unpaired) electrons. The first-order chi connectivity index (χ1) is 12.4. The first kappa shape index (κ1) is 16.8. The molecule has 0 bridgehead atoms. The van der Waals surface area contributed by atoms with Gasteiger partial charge in [0.1, 0.15) is 12.1 Å². The van der Waals surface area contributed by atoms with Crippen LogP contribution < -0.4 is 5.32 Å². The van der Waals surface area contributed by atoms with Crippen LogP contribution in [0.25, 0.3) is 0 Å². The van der Waals surface area contributed by atoms with Crippen LogP contribution in [0.4, 0.5) is 11.4 Å². The van der Waals surface area contributed by atoms with E-state index in [1.165, 1.54) is 36.4 Å². The highest BCUT2D eigenvalue weighted by molar-refractivity contribution is 6.24. The van der Waals surface area contributed by atoms with Crippen LogP contribution in [0.5, 0.6) is 0 Å². The molecule has 0 saturated heterocycles. The Balaban J connectivity index is 1.78. The minimum atomic E-state index is -0.882. The van der Waals surface area contributed by atoms with Gasteiger partial charge in [0.25, 0.3) is 17.5 Å². The van der Waals surface area contributed by atoms with Crippen LogP contribution in [-0.2, 0) is 4.79 Å². The second kappa shape index (κ2) is 6.45. The highest BCUT2D eigenvalue weighted by Gasteiger charge is 2.41. The number of hydrogen-bond donors (Lipinski definition) is 1. The van der Waals surface area contributed by atoms with Crippen molar-refractivity contribution in [2.75, 3.05) is 11.9 Å². The number of nitro benzene ring substituents is 1. The van der Waals surface area contributed by atoms with Crippen molar-refractivity contribution in [2.45, 2.75) is 0 Å². The molecule has 0 spiro atoms. The molecule has 1 aliphatic rings. The van der Waals surface area contributed by atoms with Crippen molar-refractivity contribution in [3.05, 3.63) is 69.3 Å². The molecule has 2 aromatic rings. The van der Waals surface area contributed by atoms with E-state index in [0.717, 1.165) is 6.07 Å². The second-order valence-corrected chi connectivity index (χ2v) is 5.39. The van der Waals surface area contributed by atoms with Gasteiger partial charge in [0, 0.05) is 11.8 Å². The summed E-state index contributed by atoms with van der Waals surface area (Å²) in [5.74, 6) is -2.29. The maximum absolute atomic E-state index is 12.4. The predicted molar refractivity (Wildman–Crippen MR) is 88.3 cm³/mol. The third kappa shape index (κ3) is 2.87. The third-order valence-electron chi connectivity index (χ3n) is 3.77. The van der Waals surface area contributed by atoms with Crippen LogP contribution in [0.2, 0.25) is 0 Å². The van der Waals surface area contributed by atoms with Gasteiger partial charge in [-0.25, -0.2) is 0 Å². The Morgan fingerprint density at radius 1 is 1.15 bits per heavy atom. The molecule has 9 nitrogen and oxygen atoms in total. The van der Waals surface area contributed by atoms with E-state index in [9.17, 15) is 24.5 Å². The molecule has 9 heteroatoms. The third-order valence-corrected chi connectivity index (χ3v) is 3.77. The van der Waals surface area contributed by atoms with Gasteiger partial charge in [-0.2, -0.15) is 5.26 Å². The van der Waals surface area contributed by atoms with Gasteiger partial charge in [-0.15, -0.1) is 0 Å². The lowest BCUT2D eigenvalue weighted by Gasteiger charge is -2.13. The van der Waals surface area contributed by atoms with Crippen LogP contribution >= 0.6 is 0 Å². The Bertz CT molecular complexity index is 991. The van der Waals surface area contributed by atoms with Gasteiger partial charge in [0.15, 0.2) is 0 Å². The fourth-order valence-electron chi connectivity index (χ4n) is 2.58. The SMILES string of the molecule is N#Cc1ccc(NC(=O)CN2C(=O)c3cccc([N+](=O)[O-])c3C2=O)cc1. The monoisotopic (exact) mass is 350 g/mol. The minimum Gasteiger partial charge on any atom is -0.325 e. The zero-order chi connectivity index (χ0) is 18.8. The number of carbonyl (C=O) groups excluding carboxylic acids is 3. The van der Waals surface area contributed by atoms with Gasteiger partial charge in [0.05, 0.1) is 22.1 Å². The summed E-state index contributed by atoms with van der Waals surface area (Å²) < 4.78 is 0. The van der Waals surface area contributed by atoms with Crippen LogP contribution in [0.3, 0.4) is 0 Å². The Morgan fingerprint density at radius 3 is 2.46 bits per heavy atom. The van der Waals surface area contributed by atoms with E-state index in [1.807, 2.05) is 6.07 Å². The Kier molecular flexibility index (Phi) is 4.16. The van der Waals surface area contributed by atoms with Gasteiger partial charge >= 0.3 is 0 Å². The van der Waals surface area contributed by atoms with Crippen molar-refractivity contribution >= 4 is 29.1 Å². The molecular formula is C17H10N4O5. The molecule has 0 atom stereocenters. The fraction of sp³-hybridized carbons (Fsp3) is 0.0588. The zero-order valence-corrected chi connectivity index (χ0v) is 13.1. The Hall–Kier alpha value is -4.06. The molecule has 3 rings (SSSR count). The number of carbonyl (C=O) groups is 3. The van der Waals surface area contributed by atoms with Gasteiger partial charge in [-0.1, -0.05) is 6.07 Å². The van der Waals surface area contributed by atoms with Gasteiger partial charge < -0.3 is 5.32 Å². The maximum atomic E-state index is 12.4. The van der Waals surface area contributed by atoms with Gasteiger partial charge in [-0.3, -0.25) is 29.4 Å². The number of nitrogens with one attached hydrogen (secondary N) is 1. The molecule has 3 amide bonds. The summed E-state index contributed by atoms with van der Waals surface area (Å²) in [4.78, 5) is 47.8. The second-order valence-electron chi connectivity index (χ2n) is 5.39. The number of anilines is 1. The lowest BCUT2D eigenvalue weighted by atomic mass is 10.1. The van der Waals surface area contributed by atoms with Crippen molar-refractivity contribution in [3.8, 4) is 6.07 Å². The lowest BCUT2D eigenvalue weighted by Crippen LogP contribution is -2.37. The van der Waals surface area contributed by atoms with Crippen LogP contribution in [0.1, 0.15) is 26.3 Å². The van der Waals surface area contributed by atoms with Crippen molar-refractivity contribution in [1.82, 2.24) is 4.90 Å². The summed E-state index contributed by atoms with van der Waals surface area (Å²) in [5.41, 5.74) is -0.0906. The summed E-state index contributed by atoms with van der Waals surface area (Å²) in [5, 5.41) is 22.3. The lowest BCUT2D eigenvalue weighted by molar-refractivity contribution is -0.385. The number of amides is 3. The highest BCUT2D eigenvalue weighted by atomic mass is 16.6. The molecule has 0 fully saturated rings. The number of nitrogens with zero attached hydrogens (tertiary/aromatic N) is 3. The number of rotatable bonds is 4. The average molecular weight is 350 g/mol. The van der Waals surface area contributed by atoms with E-state index >= 15 is 0 Å². The number of fused-ring (bicyclic) bond motifs is 1. The minimum absolute atomic E-state index is 0.102. The summed E-state index contributed by atoms with van der Waals surface area (Å²) >= 11 is 0. The van der Waals surface area contributed by atoms with Crippen molar-refractivity contribution in [1.29, 1.82) is 5.26 Å². The number of benzene rings is 2. The van der Waals surface area contributed by atoms with Gasteiger partial charge in [0.2, 0.25) is 5.91 Å². The molecule has 0 saturated carbocycles. The first-order valence-electron chi connectivity index (χ1n) is 7.36. The van der Waals surface area contributed by atoms with Crippen LogP contribution in [-0.4, -0.2) is 34.1 Å². The molecule has 1 aliphatic heterocycles. The molecule has 0 aliphatic carbocycles. The predicted octanol–water partition coefficient (Wildman–Crippen LogP) is 1.70. The number of nitriles is 1. The van der Waals surface area contributed by atoms with Gasteiger partial charge in [-0.05, 0) is 30.3 Å². The summed E-state index contributed by atoms with van der Waals surface area (Å²) in [6.07, 6.45) is 0. The quantitative estimate of drug-likeness (QED) is 0.507. The van der Waals surface area contributed by atoms with Crippen molar-refractivity contribution in [2.24, 2.45) is 0 Å². The number of nitro groups is 1. The smallest absolute Gasteiger partial charge is 0.282 e. The topological polar surface area (TPSA) is 133 Å². The number of hydrogen-bond acceptors (Lipinski definition) is 6. The summed E-state index contributed by atoms with van der Waals surface area (Å²) in [7, 11) is 0. The van der Waals surface area contributed by atoms with E-state index in [1.54, 1.807) is 0 Å². The largest absolute Gasteiger partial charge is 0.325 e. The molecule has 0 unspecified atom stereocenters. The molecule has 2 aromatic carbocycles. The number of imide groups is 1. The van der Waals surface area contributed by atoms with Crippen molar-refractivity contribution in [3.63, 3.8) is 0 Å².